The number of carboxylic acid groups (broad SMARTS) is 1. The largest absolute Gasteiger partial charge is 0.496 e. The van der Waals surface area contributed by atoms with E-state index < -0.39 is 5.97 Å². The Morgan fingerprint density at radius 3 is 2.63 bits per heavy atom. The van der Waals surface area contributed by atoms with Gasteiger partial charge >= 0.3 is 5.97 Å². The van der Waals surface area contributed by atoms with Crippen molar-refractivity contribution in [1.82, 2.24) is 4.90 Å². The van der Waals surface area contributed by atoms with Gasteiger partial charge in [-0.25, -0.2) is 4.79 Å². The van der Waals surface area contributed by atoms with Crippen LogP contribution < -0.4 is 4.74 Å². The lowest BCUT2D eigenvalue weighted by Gasteiger charge is -2.24. The molecule has 0 fully saturated rings. The Hall–Kier alpha value is -1.59. The number of hydrogen-bond acceptors (Lipinski definition) is 4. The first kappa shape index (κ1) is 15.5. The Bertz CT molecular complexity index is 433. The van der Waals surface area contributed by atoms with Crippen LogP contribution in [-0.2, 0) is 11.3 Å². The van der Waals surface area contributed by atoms with E-state index in [1.807, 2.05) is 13.1 Å². The molecule has 19 heavy (non-hydrogen) atoms. The highest BCUT2D eigenvalue weighted by atomic mass is 16.5. The van der Waals surface area contributed by atoms with Gasteiger partial charge in [-0.3, -0.25) is 4.90 Å². The SMILES string of the molecule is COCC(C)N(C)Cc1ccc(OC)c(C(=O)O)c1. The number of likely N-dealkylation sites (N-methyl/N-ethyl adjacent to an activating group) is 1. The van der Waals surface area contributed by atoms with Crippen molar-refractivity contribution in [1.29, 1.82) is 0 Å². The van der Waals surface area contributed by atoms with Crippen molar-refractivity contribution < 1.29 is 19.4 Å². The molecule has 0 aliphatic heterocycles. The second-order valence-electron chi connectivity index (χ2n) is 4.56. The van der Waals surface area contributed by atoms with Gasteiger partial charge in [0.25, 0.3) is 0 Å². The molecule has 1 aromatic rings. The Kier molecular flexibility index (Phi) is 5.79. The van der Waals surface area contributed by atoms with Crippen LogP contribution in [0.4, 0.5) is 0 Å². The summed E-state index contributed by atoms with van der Waals surface area (Å²) in [5.74, 6) is -0.602. The highest BCUT2D eigenvalue weighted by Gasteiger charge is 2.14. The van der Waals surface area contributed by atoms with E-state index >= 15 is 0 Å². The molecular weight excluding hydrogens is 246 g/mol. The van der Waals surface area contributed by atoms with Gasteiger partial charge in [0.1, 0.15) is 11.3 Å². The molecule has 0 aromatic heterocycles. The summed E-state index contributed by atoms with van der Waals surface area (Å²) >= 11 is 0. The van der Waals surface area contributed by atoms with Crippen LogP contribution in [0.1, 0.15) is 22.8 Å². The minimum absolute atomic E-state index is 0.188. The summed E-state index contributed by atoms with van der Waals surface area (Å²) in [5, 5.41) is 9.14. The number of carbonyl (C=O) groups is 1. The molecule has 1 aromatic carbocycles. The average molecular weight is 267 g/mol. The monoisotopic (exact) mass is 267 g/mol. The molecule has 0 saturated heterocycles. The molecule has 106 valence electrons. The lowest BCUT2D eigenvalue weighted by atomic mass is 10.1. The molecule has 0 spiro atoms. The first-order valence-corrected chi connectivity index (χ1v) is 6.09. The molecule has 0 radical (unpaired) electrons. The fourth-order valence-corrected chi connectivity index (χ4v) is 1.83. The maximum absolute atomic E-state index is 11.1. The molecule has 1 rings (SSSR count). The second kappa shape index (κ2) is 7.11. The van der Waals surface area contributed by atoms with Crippen LogP contribution in [0.5, 0.6) is 5.75 Å². The van der Waals surface area contributed by atoms with Crippen LogP contribution in [0, 0.1) is 0 Å². The van der Waals surface area contributed by atoms with Gasteiger partial charge in [-0.05, 0) is 31.7 Å². The summed E-state index contributed by atoms with van der Waals surface area (Å²) in [4.78, 5) is 13.2. The molecular formula is C14H21NO4. The minimum Gasteiger partial charge on any atom is -0.496 e. The number of rotatable bonds is 7. The molecule has 1 atom stereocenters. The number of benzene rings is 1. The highest BCUT2D eigenvalue weighted by molar-refractivity contribution is 5.91. The second-order valence-corrected chi connectivity index (χ2v) is 4.56. The molecule has 0 aliphatic carbocycles. The molecule has 1 unspecified atom stereocenters. The van der Waals surface area contributed by atoms with Crippen LogP contribution >= 0.6 is 0 Å². The van der Waals surface area contributed by atoms with Gasteiger partial charge in [0, 0.05) is 19.7 Å². The van der Waals surface area contributed by atoms with Crippen LogP contribution in [0.2, 0.25) is 0 Å². The molecule has 0 bridgehead atoms. The van der Waals surface area contributed by atoms with E-state index in [9.17, 15) is 4.79 Å². The van der Waals surface area contributed by atoms with Gasteiger partial charge in [-0.1, -0.05) is 6.07 Å². The third-order valence-electron chi connectivity index (χ3n) is 3.09. The zero-order chi connectivity index (χ0) is 14.4. The van der Waals surface area contributed by atoms with E-state index in [1.165, 1.54) is 7.11 Å². The first-order chi connectivity index (χ1) is 8.99. The molecule has 1 N–H and O–H groups in total. The highest BCUT2D eigenvalue weighted by Crippen LogP contribution is 2.20. The standard InChI is InChI=1S/C14H21NO4/c1-10(9-18-3)15(2)8-11-5-6-13(19-4)12(7-11)14(16)17/h5-7,10H,8-9H2,1-4H3,(H,16,17). The zero-order valence-electron chi connectivity index (χ0n) is 11.8. The maximum Gasteiger partial charge on any atom is 0.339 e. The van der Waals surface area contributed by atoms with Crippen molar-refractivity contribution in [3.8, 4) is 5.75 Å². The fourth-order valence-electron chi connectivity index (χ4n) is 1.83. The summed E-state index contributed by atoms with van der Waals surface area (Å²) in [6.07, 6.45) is 0. The van der Waals surface area contributed by atoms with Crippen molar-refractivity contribution in [3.05, 3.63) is 29.3 Å². The summed E-state index contributed by atoms with van der Waals surface area (Å²) < 4.78 is 10.1. The Morgan fingerprint density at radius 1 is 1.42 bits per heavy atom. The number of ether oxygens (including phenoxy) is 2. The maximum atomic E-state index is 11.1. The normalized spacial score (nSPS) is 12.5. The Labute approximate surface area is 113 Å². The summed E-state index contributed by atoms with van der Waals surface area (Å²) in [7, 11) is 5.11. The van der Waals surface area contributed by atoms with E-state index in [1.54, 1.807) is 19.2 Å². The quantitative estimate of drug-likeness (QED) is 0.817. The van der Waals surface area contributed by atoms with Crippen molar-refractivity contribution in [2.75, 3.05) is 27.9 Å². The van der Waals surface area contributed by atoms with Gasteiger partial charge in [0.2, 0.25) is 0 Å². The number of aromatic carboxylic acids is 1. The van der Waals surface area contributed by atoms with Crippen LogP contribution in [-0.4, -0.2) is 49.9 Å². The molecule has 0 saturated carbocycles. The summed E-state index contributed by atoms with van der Waals surface area (Å²) in [6, 6.07) is 5.48. The third kappa shape index (κ3) is 4.22. The Balaban J connectivity index is 2.85. The van der Waals surface area contributed by atoms with E-state index in [4.69, 9.17) is 14.6 Å². The van der Waals surface area contributed by atoms with Crippen molar-refractivity contribution in [2.45, 2.75) is 19.5 Å². The number of methoxy groups -OCH3 is 2. The zero-order valence-corrected chi connectivity index (χ0v) is 11.8. The molecule has 5 nitrogen and oxygen atoms in total. The van der Waals surface area contributed by atoms with Gasteiger partial charge in [-0.15, -0.1) is 0 Å². The lowest BCUT2D eigenvalue weighted by Crippen LogP contribution is -2.32. The number of carboxylic acids is 1. The fraction of sp³-hybridized carbons (Fsp3) is 0.500. The van der Waals surface area contributed by atoms with E-state index in [-0.39, 0.29) is 11.6 Å². The van der Waals surface area contributed by atoms with Crippen molar-refractivity contribution in [2.24, 2.45) is 0 Å². The predicted molar refractivity (Wildman–Crippen MR) is 72.8 cm³/mol. The Morgan fingerprint density at radius 2 is 2.11 bits per heavy atom. The van der Waals surface area contributed by atoms with Crippen LogP contribution in [0.3, 0.4) is 0 Å². The molecule has 0 aliphatic rings. The van der Waals surface area contributed by atoms with Gasteiger partial charge in [-0.2, -0.15) is 0 Å². The third-order valence-corrected chi connectivity index (χ3v) is 3.09. The smallest absolute Gasteiger partial charge is 0.339 e. The summed E-state index contributed by atoms with van der Waals surface area (Å²) in [5.41, 5.74) is 1.12. The van der Waals surface area contributed by atoms with Crippen molar-refractivity contribution in [3.63, 3.8) is 0 Å². The topological polar surface area (TPSA) is 59.0 Å². The summed E-state index contributed by atoms with van der Waals surface area (Å²) in [6.45, 7) is 3.36. The van der Waals surface area contributed by atoms with Gasteiger partial charge in [0.05, 0.1) is 13.7 Å². The molecule has 5 heteroatoms. The first-order valence-electron chi connectivity index (χ1n) is 6.09. The van der Waals surface area contributed by atoms with Crippen molar-refractivity contribution >= 4 is 5.97 Å². The van der Waals surface area contributed by atoms with Gasteiger partial charge in [0.15, 0.2) is 0 Å². The van der Waals surface area contributed by atoms with Gasteiger partial charge < -0.3 is 14.6 Å². The molecule has 0 amide bonds. The van der Waals surface area contributed by atoms with Crippen LogP contribution in [0.25, 0.3) is 0 Å². The minimum atomic E-state index is -0.980. The molecule has 0 heterocycles. The average Bonchev–Trinajstić information content (AvgIpc) is 2.38. The number of nitrogens with zero attached hydrogens (tertiary/aromatic N) is 1. The van der Waals surface area contributed by atoms with E-state index in [0.717, 1.165) is 5.56 Å². The van der Waals surface area contributed by atoms with E-state index in [2.05, 4.69) is 11.8 Å². The van der Waals surface area contributed by atoms with E-state index in [0.29, 0.717) is 18.9 Å². The number of hydrogen-bond donors (Lipinski definition) is 1. The lowest BCUT2D eigenvalue weighted by molar-refractivity contribution is 0.0693. The predicted octanol–water partition coefficient (Wildman–Crippen LogP) is 1.86. The van der Waals surface area contributed by atoms with Crippen LogP contribution in [0.15, 0.2) is 18.2 Å².